The van der Waals surface area contributed by atoms with E-state index >= 15 is 0 Å². The van der Waals surface area contributed by atoms with E-state index in [1.54, 1.807) is 24.0 Å². The quantitative estimate of drug-likeness (QED) is 0.660. The van der Waals surface area contributed by atoms with Crippen molar-refractivity contribution in [3.8, 4) is 12.3 Å². The summed E-state index contributed by atoms with van der Waals surface area (Å²) < 4.78 is 13.1. The van der Waals surface area contributed by atoms with Crippen LogP contribution in [0.1, 0.15) is 12.0 Å². The Labute approximate surface area is 94.1 Å². The summed E-state index contributed by atoms with van der Waals surface area (Å²) in [5.41, 5.74) is 1.26. The molecule has 2 nitrogen and oxygen atoms in total. The summed E-state index contributed by atoms with van der Waals surface area (Å²) in [6.07, 6.45) is 5.68. The van der Waals surface area contributed by atoms with E-state index in [4.69, 9.17) is 6.42 Å². The zero-order valence-corrected chi connectivity index (χ0v) is 9.03. The van der Waals surface area contributed by atoms with E-state index in [1.165, 1.54) is 6.07 Å². The van der Waals surface area contributed by atoms with Crippen LogP contribution in [-0.2, 0) is 4.79 Å². The van der Waals surface area contributed by atoms with E-state index in [-0.39, 0.29) is 17.6 Å². The molecule has 1 aromatic rings. The third kappa shape index (κ3) is 1.79. The van der Waals surface area contributed by atoms with Gasteiger partial charge < -0.3 is 4.90 Å². The first-order valence-electron chi connectivity index (χ1n) is 5.14. The highest BCUT2D eigenvalue weighted by Gasteiger charge is 2.29. The summed E-state index contributed by atoms with van der Waals surface area (Å²) in [5, 5.41) is 0. The number of carbonyl (C=O) groups excluding carboxylic acids is 1. The highest BCUT2D eigenvalue weighted by atomic mass is 19.1. The number of nitrogens with zero attached hydrogens (tertiary/aromatic N) is 1. The third-order valence-electron chi connectivity index (χ3n) is 2.81. The van der Waals surface area contributed by atoms with Gasteiger partial charge in [0, 0.05) is 24.6 Å². The number of anilines is 1. The molecule has 16 heavy (non-hydrogen) atoms. The second kappa shape index (κ2) is 3.97. The Morgan fingerprint density at radius 1 is 1.56 bits per heavy atom. The molecule has 1 heterocycles. The number of amides is 1. The van der Waals surface area contributed by atoms with Gasteiger partial charge in [-0.3, -0.25) is 4.79 Å². The topological polar surface area (TPSA) is 20.3 Å². The van der Waals surface area contributed by atoms with Gasteiger partial charge in [0.1, 0.15) is 5.82 Å². The lowest BCUT2D eigenvalue weighted by Gasteiger charge is -2.16. The van der Waals surface area contributed by atoms with Gasteiger partial charge in [-0.1, -0.05) is 0 Å². The van der Waals surface area contributed by atoms with Crippen LogP contribution in [0.5, 0.6) is 0 Å². The van der Waals surface area contributed by atoms with Gasteiger partial charge in [0.15, 0.2) is 0 Å². The van der Waals surface area contributed by atoms with Crippen LogP contribution in [0.4, 0.5) is 10.1 Å². The molecule has 1 fully saturated rings. The van der Waals surface area contributed by atoms with Crippen molar-refractivity contribution >= 4 is 11.6 Å². The number of aryl methyl sites for hydroxylation is 1. The Morgan fingerprint density at radius 2 is 2.31 bits per heavy atom. The molecule has 0 aliphatic carbocycles. The molecule has 0 spiro atoms. The van der Waals surface area contributed by atoms with E-state index in [0.717, 1.165) is 5.69 Å². The van der Waals surface area contributed by atoms with Crippen LogP contribution < -0.4 is 4.90 Å². The van der Waals surface area contributed by atoms with Crippen molar-refractivity contribution in [2.75, 3.05) is 11.4 Å². The van der Waals surface area contributed by atoms with Gasteiger partial charge in [0.25, 0.3) is 0 Å². The van der Waals surface area contributed by atoms with Gasteiger partial charge in [-0.05, 0) is 30.7 Å². The molecular weight excluding hydrogens is 205 g/mol. The smallest absolute Gasteiger partial charge is 0.228 e. The molecule has 1 aliphatic heterocycles. The molecule has 1 atom stereocenters. The molecule has 0 N–H and O–H groups in total. The molecule has 0 aromatic heterocycles. The van der Waals surface area contributed by atoms with Gasteiger partial charge >= 0.3 is 0 Å². The summed E-state index contributed by atoms with van der Waals surface area (Å²) in [6, 6.07) is 4.66. The fraction of sp³-hybridized carbons (Fsp3) is 0.308. The summed E-state index contributed by atoms with van der Waals surface area (Å²) in [4.78, 5) is 13.3. The monoisotopic (exact) mass is 217 g/mol. The van der Waals surface area contributed by atoms with Gasteiger partial charge in [0.05, 0.1) is 0 Å². The van der Waals surface area contributed by atoms with E-state index in [1.807, 2.05) is 0 Å². The van der Waals surface area contributed by atoms with Crippen molar-refractivity contribution in [1.29, 1.82) is 0 Å². The molecule has 1 aliphatic rings. The predicted octanol–water partition coefficient (Wildman–Crippen LogP) is 2.12. The molecule has 1 aromatic carbocycles. The number of terminal acetylenes is 1. The first-order chi connectivity index (χ1) is 7.61. The Bertz CT molecular complexity index is 475. The van der Waals surface area contributed by atoms with Gasteiger partial charge in [-0.25, -0.2) is 4.39 Å². The second-order valence-corrected chi connectivity index (χ2v) is 4.01. The molecule has 2 rings (SSSR count). The zero-order valence-electron chi connectivity index (χ0n) is 9.03. The van der Waals surface area contributed by atoms with Crippen molar-refractivity contribution in [3.63, 3.8) is 0 Å². The van der Waals surface area contributed by atoms with Crippen molar-refractivity contribution in [1.82, 2.24) is 0 Å². The first-order valence-corrected chi connectivity index (χ1v) is 5.14. The van der Waals surface area contributed by atoms with Crippen molar-refractivity contribution in [2.45, 2.75) is 13.3 Å². The minimum absolute atomic E-state index is 0.00829. The largest absolute Gasteiger partial charge is 0.311 e. The number of hydrogen-bond acceptors (Lipinski definition) is 1. The van der Waals surface area contributed by atoms with Crippen molar-refractivity contribution in [2.24, 2.45) is 5.92 Å². The Hall–Kier alpha value is -1.82. The second-order valence-electron chi connectivity index (χ2n) is 4.01. The van der Waals surface area contributed by atoms with E-state index in [9.17, 15) is 9.18 Å². The van der Waals surface area contributed by atoms with Crippen LogP contribution in [-0.4, -0.2) is 12.5 Å². The van der Waals surface area contributed by atoms with Crippen LogP contribution in [0, 0.1) is 31.0 Å². The Kier molecular flexibility index (Phi) is 2.66. The summed E-state index contributed by atoms with van der Waals surface area (Å²) >= 11 is 0. The minimum atomic E-state index is -0.260. The zero-order chi connectivity index (χ0) is 11.7. The summed E-state index contributed by atoms with van der Waals surface area (Å²) in [7, 11) is 0. The highest BCUT2D eigenvalue weighted by Crippen LogP contribution is 2.26. The molecule has 0 radical (unpaired) electrons. The normalized spacial score (nSPS) is 19.9. The molecule has 0 bridgehead atoms. The molecule has 1 amide bonds. The maximum atomic E-state index is 13.1. The van der Waals surface area contributed by atoms with Crippen LogP contribution in [0.3, 0.4) is 0 Å². The lowest BCUT2D eigenvalue weighted by molar-refractivity contribution is -0.117. The fourth-order valence-corrected chi connectivity index (χ4v) is 1.87. The fourth-order valence-electron chi connectivity index (χ4n) is 1.87. The Morgan fingerprint density at radius 3 is 2.88 bits per heavy atom. The number of carbonyl (C=O) groups is 1. The SMILES string of the molecule is C#CC1CC(=O)N(c2ccc(F)c(C)c2)C1. The maximum Gasteiger partial charge on any atom is 0.228 e. The van der Waals surface area contributed by atoms with Crippen LogP contribution in [0.2, 0.25) is 0 Å². The molecule has 3 heteroatoms. The minimum Gasteiger partial charge on any atom is -0.311 e. The molecule has 1 saturated heterocycles. The van der Waals surface area contributed by atoms with E-state index in [0.29, 0.717) is 18.5 Å². The third-order valence-corrected chi connectivity index (χ3v) is 2.81. The Balaban J connectivity index is 2.29. The molecule has 0 saturated carbocycles. The first kappa shape index (κ1) is 10.7. The van der Waals surface area contributed by atoms with Crippen molar-refractivity contribution < 1.29 is 9.18 Å². The van der Waals surface area contributed by atoms with Crippen LogP contribution in [0.25, 0.3) is 0 Å². The average Bonchev–Trinajstić information content (AvgIpc) is 2.64. The molecule has 82 valence electrons. The number of hydrogen-bond donors (Lipinski definition) is 0. The van der Waals surface area contributed by atoms with Crippen molar-refractivity contribution in [3.05, 3.63) is 29.6 Å². The predicted molar refractivity (Wildman–Crippen MR) is 60.4 cm³/mol. The van der Waals surface area contributed by atoms with E-state index in [2.05, 4.69) is 5.92 Å². The molecule has 1 unspecified atom stereocenters. The number of rotatable bonds is 1. The maximum absolute atomic E-state index is 13.1. The molecular formula is C13H12FNO. The van der Waals surface area contributed by atoms with Crippen LogP contribution >= 0.6 is 0 Å². The van der Waals surface area contributed by atoms with Crippen LogP contribution in [0.15, 0.2) is 18.2 Å². The number of halogens is 1. The standard InChI is InChI=1S/C13H12FNO/c1-3-10-7-13(16)15(8-10)11-4-5-12(14)9(2)6-11/h1,4-6,10H,7-8H2,2H3. The average molecular weight is 217 g/mol. The lowest BCUT2D eigenvalue weighted by atomic mass is 10.1. The van der Waals surface area contributed by atoms with E-state index < -0.39 is 0 Å². The van der Waals surface area contributed by atoms with Gasteiger partial charge in [0.2, 0.25) is 5.91 Å². The highest BCUT2D eigenvalue weighted by molar-refractivity contribution is 5.96. The number of benzene rings is 1. The van der Waals surface area contributed by atoms with Gasteiger partial charge in [-0.2, -0.15) is 0 Å². The summed E-state index contributed by atoms with van der Waals surface area (Å²) in [5.74, 6) is 2.30. The van der Waals surface area contributed by atoms with Gasteiger partial charge in [-0.15, -0.1) is 12.3 Å². The summed E-state index contributed by atoms with van der Waals surface area (Å²) in [6.45, 7) is 2.21. The lowest BCUT2D eigenvalue weighted by Crippen LogP contribution is -2.24.